The fourth-order valence-corrected chi connectivity index (χ4v) is 6.23. The first-order valence-corrected chi connectivity index (χ1v) is 13.3. The van der Waals surface area contributed by atoms with Crippen molar-refractivity contribution in [2.75, 3.05) is 10.8 Å². The minimum absolute atomic E-state index is 0.120. The average Bonchev–Trinajstić information content (AvgIpc) is 3.30. The first kappa shape index (κ1) is 23.8. The van der Waals surface area contributed by atoms with E-state index in [4.69, 9.17) is 0 Å². The molecule has 4 aromatic carbocycles. The maximum absolute atomic E-state index is 13.6. The van der Waals surface area contributed by atoms with Gasteiger partial charge in [0.15, 0.2) is 0 Å². The number of anilines is 1. The molecule has 1 aliphatic rings. The van der Waals surface area contributed by atoms with E-state index in [0.717, 1.165) is 39.2 Å². The predicted octanol–water partition coefficient (Wildman–Crippen LogP) is 4.90. The number of aryl methyl sites for hydroxylation is 4. The fourth-order valence-electron chi connectivity index (χ4n) is 4.73. The molecule has 0 unspecified atom stereocenters. The van der Waals surface area contributed by atoms with E-state index in [-0.39, 0.29) is 4.90 Å². The normalized spacial score (nSPS) is 12.8. The summed E-state index contributed by atoms with van der Waals surface area (Å²) in [6.07, 6.45) is 3.69. The van der Waals surface area contributed by atoms with Crippen LogP contribution in [0.5, 0.6) is 0 Å². The van der Waals surface area contributed by atoms with Gasteiger partial charge in [-0.15, -0.1) is 0 Å². The third-order valence-electron chi connectivity index (χ3n) is 6.56. The zero-order valence-electron chi connectivity index (χ0n) is 20.2. The Bertz CT molecular complexity index is 1590. The van der Waals surface area contributed by atoms with Crippen LogP contribution in [0.3, 0.4) is 0 Å². The van der Waals surface area contributed by atoms with Crippen molar-refractivity contribution in [3.63, 3.8) is 0 Å². The second-order valence-corrected chi connectivity index (χ2v) is 10.9. The molecule has 7 heteroatoms. The summed E-state index contributed by atoms with van der Waals surface area (Å²) in [5.74, 6) is -0.530. The second-order valence-electron chi connectivity index (χ2n) is 9.06. The summed E-state index contributed by atoms with van der Waals surface area (Å²) in [5, 5.41) is 6.53. The summed E-state index contributed by atoms with van der Waals surface area (Å²) >= 11 is 0. The van der Waals surface area contributed by atoms with Gasteiger partial charge in [-0.25, -0.2) is 13.8 Å². The molecule has 0 aliphatic heterocycles. The van der Waals surface area contributed by atoms with E-state index in [2.05, 4.69) is 28.7 Å². The lowest BCUT2D eigenvalue weighted by Crippen LogP contribution is -2.40. The molecule has 6 nitrogen and oxygen atoms in total. The van der Waals surface area contributed by atoms with E-state index in [1.807, 2.05) is 38.1 Å². The van der Waals surface area contributed by atoms with E-state index in [1.54, 1.807) is 30.5 Å². The quantitative estimate of drug-likeness (QED) is 0.291. The number of hydrogen-bond donors (Lipinski definition) is 1. The number of benzene rings is 4. The molecule has 4 aromatic rings. The highest BCUT2D eigenvalue weighted by atomic mass is 32.2. The van der Waals surface area contributed by atoms with Crippen molar-refractivity contribution in [2.24, 2.45) is 5.10 Å². The van der Waals surface area contributed by atoms with Crippen LogP contribution in [0, 0.1) is 13.8 Å². The summed E-state index contributed by atoms with van der Waals surface area (Å²) < 4.78 is 28.2. The van der Waals surface area contributed by atoms with Gasteiger partial charge in [-0.1, -0.05) is 60.7 Å². The molecular formula is C29H27N3O3S. The second kappa shape index (κ2) is 9.59. The fraction of sp³-hybridized carbons (Fsp3) is 0.172. The number of amides is 1. The van der Waals surface area contributed by atoms with Crippen molar-refractivity contribution >= 4 is 38.6 Å². The minimum atomic E-state index is -3.98. The molecule has 0 saturated heterocycles. The van der Waals surface area contributed by atoms with Crippen molar-refractivity contribution in [1.82, 2.24) is 5.43 Å². The van der Waals surface area contributed by atoms with Gasteiger partial charge in [-0.05, 0) is 77.9 Å². The van der Waals surface area contributed by atoms with E-state index in [0.29, 0.717) is 5.69 Å². The van der Waals surface area contributed by atoms with Gasteiger partial charge in [0.25, 0.3) is 15.9 Å². The van der Waals surface area contributed by atoms with E-state index < -0.39 is 22.5 Å². The molecule has 0 atom stereocenters. The van der Waals surface area contributed by atoms with Crippen LogP contribution in [0.1, 0.15) is 27.8 Å². The van der Waals surface area contributed by atoms with Crippen LogP contribution < -0.4 is 9.73 Å². The van der Waals surface area contributed by atoms with Crippen LogP contribution in [0.4, 0.5) is 5.69 Å². The van der Waals surface area contributed by atoms with Gasteiger partial charge in [0.05, 0.1) is 16.8 Å². The minimum Gasteiger partial charge on any atom is -0.271 e. The topological polar surface area (TPSA) is 78.8 Å². The molecule has 0 fully saturated rings. The Labute approximate surface area is 211 Å². The zero-order chi connectivity index (χ0) is 25.3. The summed E-state index contributed by atoms with van der Waals surface area (Å²) in [4.78, 5) is 13.1. The van der Waals surface area contributed by atoms with Gasteiger partial charge in [0.1, 0.15) is 6.54 Å². The molecule has 1 amide bonds. The Morgan fingerprint density at radius 3 is 2.47 bits per heavy atom. The lowest BCUT2D eigenvalue weighted by molar-refractivity contribution is -0.119. The number of carbonyl (C=O) groups is 1. The van der Waals surface area contributed by atoms with Crippen molar-refractivity contribution in [3.8, 4) is 0 Å². The van der Waals surface area contributed by atoms with Gasteiger partial charge in [-0.3, -0.25) is 9.10 Å². The lowest BCUT2D eigenvalue weighted by Gasteiger charge is -2.25. The van der Waals surface area contributed by atoms with Crippen molar-refractivity contribution in [2.45, 2.75) is 31.6 Å². The average molecular weight is 498 g/mol. The van der Waals surface area contributed by atoms with E-state index in [9.17, 15) is 13.2 Å². The highest BCUT2D eigenvalue weighted by Gasteiger charge is 2.28. The van der Waals surface area contributed by atoms with Gasteiger partial charge in [-0.2, -0.15) is 5.10 Å². The van der Waals surface area contributed by atoms with Gasteiger partial charge in [0.2, 0.25) is 0 Å². The summed E-state index contributed by atoms with van der Waals surface area (Å²) in [5.41, 5.74) is 8.20. The maximum atomic E-state index is 13.6. The van der Waals surface area contributed by atoms with Crippen molar-refractivity contribution < 1.29 is 13.2 Å². The van der Waals surface area contributed by atoms with Crippen LogP contribution >= 0.6 is 0 Å². The van der Waals surface area contributed by atoms with Crippen LogP contribution in [0.15, 0.2) is 88.9 Å². The zero-order valence-corrected chi connectivity index (χ0v) is 21.0. The molecule has 182 valence electrons. The van der Waals surface area contributed by atoms with Gasteiger partial charge in [0, 0.05) is 5.56 Å². The molecule has 0 radical (unpaired) electrons. The number of nitrogens with zero attached hydrogens (tertiary/aromatic N) is 2. The summed E-state index contributed by atoms with van der Waals surface area (Å²) in [6.45, 7) is 3.31. The number of sulfonamides is 1. The number of carbonyl (C=O) groups excluding carboxylic acids is 1. The molecule has 0 heterocycles. The molecule has 1 aliphatic carbocycles. The van der Waals surface area contributed by atoms with Gasteiger partial charge >= 0.3 is 0 Å². The number of nitrogens with one attached hydrogen (secondary N) is 1. The molecular weight excluding hydrogens is 470 g/mol. The predicted molar refractivity (Wildman–Crippen MR) is 144 cm³/mol. The Kier molecular flexibility index (Phi) is 6.33. The van der Waals surface area contributed by atoms with Crippen LogP contribution in [-0.2, 0) is 27.7 Å². The Morgan fingerprint density at radius 1 is 0.944 bits per heavy atom. The third kappa shape index (κ3) is 4.50. The highest BCUT2D eigenvalue weighted by molar-refractivity contribution is 7.92. The van der Waals surface area contributed by atoms with Crippen LogP contribution in [0.2, 0.25) is 0 Å². The molecule has 0 bridgehead atoms. The summed E-state index contributed by atoms with van der Waals surface area (Å²) in [6, 6.07) is 24.0. The number of rotatable bonds is 7. The van der Waals surface area contributed by atoms with Crippen molar-refractivity contribution in [3.05, 3.63) is 107 Å². The number of hydrogen-bond acceptors (Lipinski definition) is 4. The van der Waals surface area contributed by atoms with Crippen LogP contribution in [0.25, 0.3) is 10.8 Å². The third-order valence-corrected chi connectivity index (χ3v) is 8.33. The Hall–Kier alpha value is -3.97. The first-order valence-electron chi connectivity index (χ1n) is 11.8. The molecule has 0 saturated carbocycles. The molecule has 1 N–H and O–H groups in total. The SMILES string of the molecule is Cc1ccc(C)c(N(CC(=O)N/N=C\c2ccc3c4c(cccc24)CC3)S(=O)(=O)c2ccccc2)c1. The standard InChI is InChI=1S/C29H27N3O3S/c1-20-11-12-21(2)27(17-20)32(36(34,35)25-8-4-3-5-9-25)19-28(33)31-30-18-24-16-15-23-14-13-22-7-6-10-26(24)29(22)23/h3-12,15-18H,13-14,19H2,1-2H3,(H,31,33)/b30-18-. The maximum Gasteiger partial charge on any atom is 0.264 e. The number of hydrazone groups is 1. The Morgan fingerprint density at radius 2 is 1.69 bits per heavy atom. The summed E-state index contributed by atoms with van der Waals surface area (Å²) in [7, 11) is -3.98. The molecule has 0 aromatic heterocycles. The first-order chi connectivity index (χ1) is 17.3. The van der Waals surface area contributed by atoms with E-state index in [1.165, 1.54) is 28.6 Å². The monoisotopic (exact) mass is 497 g/mol. The van der Waals surface area contributed by atoms with E-state index >= 15 is 0 Å². The Balaban J connectivity index is 1.41. The molecule has 5 rings (SSSR count). The van der Waals surface area contributed by atoms with Crippen LogP contribution in [-0.4, -0.2) is 27.1 Å². The van der Waals surface area contributed by atoms with Gasteiger partial charge < -0.3 is 0 Å². The van der Waals surface area contributed by atoms with Crippen molar-refractivity contribution in [1.29, 1.82) is 0 Å². The largest absolute Gasteiger partial charge is 0.271 e. The highest BCUT2D eigenvalue weighted by Crippen LogP contribution is 2.32. The molecule has 0 spiro atoms. The smallest absolute Gasteiger partial charge is 0.264 e. The molecule has 36 heavy (non-hydrogen) atoms. The lowest BCUT2D eigenvalue weighted by atomic mass is 10.0.